The van der Waals surface area contributed by atoms with Gasteiger partial charge in [-0.1, -0.05) is 42.5 Å². The van der Waals surface area contributed by atoms with E-state index in [-0.39, 0.29) is 12.5 Å². The van der Waals surface area contributed by atoms with Gasteiger partial charge in [0.25, 0.3) is 0 Å². The van der Waals surface area contributed by atoms with Crippen LogP contribution in [0.3, 0.4) is 0 Å². The smallest absolute Gasteiger partial charge is 0.243 e. The van der Waals surface area contributed by atoms with E-state index in [1.165, 1.54) is 5.56 Å². The number of carbonyl (C=O) groups is 1. The molecule has 0 heterocycles. The fraction of sp³-hybridized carbons (Fsp3) is 0.364. The third-order valence-corrected chi connectivity index (χ3v) is 4.34. The molecule has 2 aromatic rings. The first-order valence-electron chi connectivity index (χ1n) is 9.36. The van der Waals surface area contributed by atoms with Crippen molar-refractivity contribution in [1.29, 1.82) is 0 Å². The Bertz CT molecular complexity index is 758. The highest BCUT2D eigenvalue weighted by Gasteiger charge is 2.10. The summed E-state index contributed by atoms with van der Waals surface area (Å²) in [7, 11) is 7.10. The second kappa shape index (κ2) is 11.0. The summed E-state index contributed by atoms with van der Waals surface area (Å²) in [5.74, 6) is 1.51. The number of nitrogens with one attached hydrogen (secondary N) is 1. The van der Waals surface area contributed by atoms with Gasteiger partial charge in [0, 0.05) is 34.2 Å². The zero-order valence-electron chi connectivity index (χ0n) is 17.2. The zero-order chi connectivity index (χ0) is 20.4. The monoisotopic (exact) mass is 382 g/mol. The molecule has 0 unspecified atom stereocenters. The van der Waals surface area contributed by atoms with Crippen LogP contribution in [0, 0.1) is 0 Å². The van der Waals surface area contributed by atoms with Gasteiger partial charge in [0.1, 0.15) is 12.3 Å². The summed E-state index contributed by atoms with van der Waals surface area (Å²) in [5.41, 5.74) is 2.40. The molecule has 0 saturated carbocycles. The number of guanidine groups is 1. The van der Waals surface area contributed by atoms with Crippen LogP contribution in [0.15, 0.2) is 59.6 Å². The molecular weight excluding hydrogens is 352 g/mol. The number of ether oxygens (including phenoxy) is 1. The van der Waals surface area contributed by atoms with E-state index in [2.05, 4.69) is 22.4 Å². The molecule has 6 heteroatoms. The number of methoxy groups -OCH3 is 1. The van der Waals surface area contributed by atoms with Gasteiger partial charge >= 0.3 is 0 Å². The summed E-state index contributed by atoms with van der Waals surface area (Å²) >= 11 is 0. The maximum absolute atomic E-state index is 12.0. The first-order valence-corrected chi connectivity index (χ1v) is 9.36. The first-order chi connectivity index (χ1) is 13.5. The van der Waals surface area contributed by atoms with Crippen molar-refractivity contribution in [3.05, 3.63) is 65.7 Å². The average Bonchev–Trinajstić information content (AvgIpc) is 2.71. The number of amides is 1. The lowest BCUT2D eigenvalue weighted by Crippen LogP contribution is -2.40. The topological polar surface area (TPSA) is 57.2 Å². The van der Waals surface area contributed by atoms with Gasteiger partial charge in [0.05, 0.1) is 7.11 Å². The van der Waals surface area contributed by atoms with E-state index in [1.54, 1.807) is 26.1 Å². The maximum Gasteiger partial charge on any atom is 0.243 e. The van der Waals surface area contributed by atoms with Gasteiger partial charge in [-0.15, -0.1) is 0 Å². The lowest BCUT2D eigenvalue weighted by atomic mass is 10.1. The minimum absolute atomic E-state index is 0.0276. The molecule has 0 aliphatic heterocycles. The van der Waals surface area contributed by atoms with Gasteiger partial charge in [0.15, 0.2) is 5.96 Å². The van der Waals surface area contributed by atoms with Crippen LogP contribution in [-0.2, 0) is 17.8 Å². The van der Waals surface area contributed by atoms with Crippen molar-refractivity contribution in [3.8, 4) is 5.75 Å². The molecule has 2 aromatic carbocycles. The van der Waals surface area contributed by atoms with E-state index in [1.807, 2.05) is 54.4 Å². The summed E-state index contributed by atoms with van der Waals surface area (Å²) in [6.45, 7) is 1.54. The number of aliphatic imine (C=N–C) groups is 1. The van der Waals surface area contributed by atoms with E-state index in [0.29, 0.717) is 12.5 Å². The highest BCUT2D eigenvalue weighted by atomic mass is 16.5. The predicted molar refractivity (Wildman–Crippen MR) is 114 cm³/mol. The molecule has 0 aromatic heterocycles. The van der Waals surface area contributed by atoms with E-state index in [9.17, 15) is 4.79 Å². The van der Waals surface area contributed by atoms with E-state index in [0.717, 1.165) is 24.3 Å². The molecule has 28 heavy (non-hydrogen) atoms. The van der Waals surface area contributed by atoms with Crippen molar-refractivity contribution in [2.45, 2.75) is 13.0 Å². The summed E-state index contributed by atoms with van der Waals surface area (Å²) in [6.07, 6.45) is 0.887. The predicted octanol–water partition coefficient (Wildman–Crippen LogP) is 2.40. The zero-order valence-corrected chi connectivity index (χ0v) is 17.2. The quantitative estimate of drug-likeness (QED) is 0.563. The van der Waals surface area contributed by atoms with Crippen LogP contribution < -0.4 is 10.1 Å². The van der Waals surface area contributed by atoms with Crippen LogP contribution in [-0.4, -0.2) is 63.0 Å². The van der Waals surface area contributed by atoms with Crippen molar-refractivity contribution in [1.82, 2.24) is 15.1 Å². The molecule has 0 saturated heterocycles. The Kier molecular flexibility index (Phi) is 8.34. The van der Waals surface area contributed by atoms with Gasteiger partial charge in [0.2, 0.25) is 5.91 Å². The van der Waals surface area contributed by atoms with Crippen LogP contribution >= 0.6 is 0 Å². The van der Waals surface area contributed by atoms with Gasteiger partial charge in [-0.2, -0.15) is 0 Å². The average molecular weight is 383 g/mol. The molecule has 1 N–H and O–H groups in total. The van der Waals surface area contributed by atoms with Crippen LogP contribution in [0.1, 0.15) is 11.1 Å². The van der Waals surface area contributed by atoms with E-state index >= 15 is 0 Å². The number of hydrogen-bond donors (Lipinski definition) is 1. The number of likely N-dealkylation sites (N-methyl/N-ethyl adjacent to an activating group) is 1. The Morgan fingerprint density at radius 2 is 1.68 bits per heavy atom. The highest BCUT2D eigenvalue weighted by molar-refractivity contribution is 5.84. The van der Waals surface area contributed by atoms with E-state index in [4.69, 9.17) is 4.74 Å². The highest BCUT2D eigenvalue weighted by Crippen LogP contribution is 2.12. The molecule has 0 aliphatic rings. The molecule has 0 spiro atoms. The minimum Gasteiger partial charge on any atom is -0.497 e. The van der Waals surface area contributed by atoms with Crippen molar-refractivity contribution >= 4 is 11.9 Å². The Hall–Kier alpha value is -3.02. The molecule has 0 bridgehead atoms. The maximum atomic E-state index is 12.0. The second-order valence-electron chi connectivity index (χ2n) is 6.79. The molecule has 0 radical (unpaired) electrons. The fourth-order valence-corrected chi connectivity index (χ4v) is 2.64. The van der Waals surface area contributed by atoms with Gasteiger partial charge in [-0.25, -0.2) is 4.99 Å². The lowest BCUT2D eigenvalue weighted by molar-refractivity contribution is -0.127. The molecule has 0 atom stereocenters. The minimum atomic E-state index is -0.0276. The van der Waals surface area contributed by atoms with Crippen molar-refractivity contribution in [2.75, 3.05) is 41.3 Å². The molecule has 0 fully saturated rings. The lowest BCUT2D eigenvalue weighted by Gasteiger charge is -2.23. The third-order valence-electron chi connectivity index (χ3n) is 4.34. The third kappa shape index (κ3) is 6.95. The van der Waals surface area contributed by atoms with Crippen LogP contribution in [0.4, 0.5) is 0 Å². The Balaban J connectivity index is 2.02. The molecule has 0 aliphatic carbocycles. The van der Waals surface area contributed by atoms with Crippen LogP contribution in [0.25, 0.3) is 0 Å². The van der Waals surface area contributed by atoms with E-state index < -0.39 is 0 Å². The standard InChI is InChI=1S/C22H30N4O2/c1-25(2)21(27)16-24-22(23-15-14-18-8-6-5-7-9-18)26(3)17-19-10-12-20(28-4)13-11-19/h5-13H,14-17H2,1-4H3,(H,23,24). The number of carbonyl (C=O) groups excluding carboxylic acids is 1. The van der Waals surface area contributed by atoms with Crippen LogP contribution in [0.5, 0.6) is 5.75 Å². The van der Waals surface area contributed by atoms with Crippen molar-refractivity contribution in [2.24, 2.45) is 4.99 Å². The molecule has 2 rings (SSSR count). The normalized spacial score (nSPS) is 11.1. The first kappa shape index (κ1) is 21.3. The van der Waals surface area contributed by atoms with Crippen LogP contribution in [0.2, 0.25) is 0 Å². The molecule has 150 valence electrons. The number of hydrogen-bond acceptors (Lipinski definition) is 3. The van der Waals surface area contributed by atoms with Gasteiger partial charge < -0.3 is 19.9 Å². The van der Waals surface area contributed by atoms with Crippen molar-refractivity contribution < 1.29 is 9.53 Å². The molecule has 6 nitrogen and oxygen atoms in total. The molecule has 1 amide bonds. The SMILES string of the molecule is COc1ccc(CN(C)C(=NCC(=O)N(C)C)NCCc2ccccc2)cc1. The summed E-state index contributed by atoms with van der Waals surface area (Å²) in [6, 6.07) is 18.2. The Morgan fingerprint density at radius 1 is 1.00 bits per heavy atom. The number of nitrogens with zero attached hydrogens (tertiary/aromatic N) is 3. The number of rotatable bonds is 8. The summed E-state index contributed by atoms with van der Waals surface area (Å²) < 4.78 is 5.21. The second-order valence-corrected chi connectivity index (χ2v) is 6.79. The van der Waals surface area contributed by atoms with Crippen molar-refractivity contribution in [3.63, 3.8) is 0 Å². The summed E-state index contributed by atoms with van der Waals surface area (Å²) in [4.78, 5) is 20.0. The largest absolute Gasteiger partial charge is 0.497 e. The van der Waals surface area contributed by atoms with Gasteiger partial charge in [-0.3, -0.25) is 4.79 Å². The Morgan fingerprint density at radius 3 is 2.29 bits per heavy atom. The van der Waals surface area contributed by atoms with Gasteiger partial charge in [-0.05, 0) is 29.7 Å². The summed E-state index contributed by atoms with van der Waals surface area (Å²) in [5, 5.41) is 3.39. The Labute approximate surface area is 167 Å². The fourth-order valence-electron chi connectivity index (χ4n) is 2.64. The number of benzene rings is 2. The molecular formula is C22H30N4O2.